The van der Waals surface area contributed by atoms with Gasteiger partial charge in [-0.15, -0.1) is 0 Å². The minimum Gasteiger partial charge on any atom is -0.352 e. The van der Waals surface area contributed by atoms with Crippen molar-refractivity contribution in [1.29, 1.82) is 0 Å². The molecule has 156 valence electrons. The first-order valence-corrected chi connectivity index (χ1v) is 9.90. The Kier molecular flexibility index (Phi) is 5.05. The van der Waals surface area contributed by atoms with Crippen LogP contribution in [-0.2, 0) is 6.18 Å². The van der Waals surface area contributed by atoms with Gasteiger partial charge < -0.3 is 14.8 Å². The standard InChI is InChI=1S/C22H21F3N4S/c1-13-12-15(14(2)29(13)18-10-5-4-8-16(18)22(23,24)25)20-19(27-21(30)28(20)3)17-9-6-7-11-26-17/h4-12,19-20H,1-3H3,(H,27,30)/t19-,20-/m0/s1. The molecule has 8 heteroatoms. The van der Waals surface area contributed by atoms with Gasteiger partial charge in [-0.1, -0.05) is 18.2 Å². The maximum Gasteiger partial charge on any atom is 0.418 e. The van der Waals surface area contributed by atoms with Gasteiger partial charge in [0.25, 0.3) is 0 Å². The molecule has 2 atom stereocenters. The summed E-state index contributed by atoms with van der Waals surface area (Å²) in [5, 5.41) is 3.89. The number of pyridine rings is 1. The fraction of sp³-hybridized carbons (Fsp3) is 0.273. The molecule has 0 saturated carbocycles. The first-order valence-electron chi connectivity index (χ1n) is 9.50. The van der Waals surface area contributed by atoms with Gasteiger partial charge in [0.2, 0.25) is 0 Å². The predicted molar refractivity (Wildman–Crippen MR) is 113 cm³/mol. The van der Waals surface area contributed by atoms with Crippen molar-refractivity contribution in [2.75, 3.05) is 7.05 Å². The second kappa shape index (κ2) is 7.43. The fourth-order valence-corrected chi connectivity index (χ4v) is 4.45. The number of nitrogens with zero attached hydrogens (tertiary/aromatic N) is 3. The van der Waals surface area contributed by atoms with E-state index in [9.17, 15) is 13.2 Å². The molecule has 1 aliphatic rings. The molecule has 1 fully saturated rings. The zero-order valence-electron chi connectivity index (χ0n) is 16.7. The summed E-state index contributed by atoms with van der Waals surface area (Å²) in [6, 6.07) is 12.9. The highest BCUT2D eigenvalue weighted by Gasteiger charge is 2.40. The van der Waals surface area contributed by atoms with Crippen LogP contribution >= 0.6 is 12.2 Å². The van der Waals surface area contributed by atoms with Gasteiger partial charge in [0.05, 0.1) is 29.0 Å². The monoisotopic (exact) mass is 430 g/mol. The molecule has 2 aromatic heterocycles. The van der Waals surface area contributed by atoms with Crippen LogP contribution in [0, 0.1) is 13.8 Å². The summed E-state index contributed by atoms with van der Waals surface area (Å²) in [4.78, 5) is 6.41. The van der Waals surface area contributed by atoms with Crippen LogP contribution in [0.5, 0.6) is 0 Å². The number of alkyl halides is 3. The Balaban J connectivity index is 1.86. The van der Waals surface area contributed by atoms with Crippen molar-refractivity contribution in [2.24, 2.45) is 0 Å². The molecule has 0 radical (unpaired) electrons. The summed E-state index contributed by atoms with van der Waals surface area (Å²) in [5.74, 6) is 0. The molecule has 0 amide bonds. The van der Waals surface area contributed by atoms with E-state index in [-0.39, 0.29) is 17.8 Å². The minimum atomic E-state index is -4.44. The summed E-state index contributed by atoms with van der Waals surface area (Å²) in [6.45, 7) is 3.67. The van der Waals surface area contributed by atoms with Crippen LogP contribution in [0.4, 0.5) is 13.2 Å². The zero-order chi connectivity index (χ0) is 21.6. The molecular formula is C22H21F3N4S. The van der Waals surface area contributed by atoms with Crippen LogP contribution in [0.25, 0.3) is 5.69 Å². The second-order valence-electron chi connectivity index (χ2n) is 7.41. The molecule has 30 heavy (non-hydrogen) atoms. The Morgan fingerprint density at radius 3 is 2.43 bits per heavy atom. The molecule has 3 aromatic rings. The van der Waals surface area contributed by atoms with Gasteiger partial charge in [0.1, 0.15) is 0 Å². The van der Waals surface area contributed by atoms with Gasteiger partial charge in [0.15, 0.2) is 5.11 Å². The first-order chi connectivity index (χ1) is 14.2. The number of aryl methyl sites for hydroxylation is 1. The normalized spacial score (nSPS) is 19.3. The van der Waals surface area contributed by atoms with Crippen molar-refractivity contribution in [2.45, 2.75) is 32.1 Å². The van der Waals surface area contributed by atoms with Crippen molar-refractivity contribution >= 4 is 17.3 Å². The molecule has 0 aliphatic carbocycles. The van der Waals surface area contributed by atoms with Crippen molar-refractivity contribution in [3.8, 4) is 5.69 Å². The Bertz CT molecular complexity index is 1090. The Morgan fingerprint density at radius 2 is 1.77 bits per heavy atom. The van der Waals surface area contributed by atoms with E-state index in [0.717, 1.165) is 28.7 Å². The third kappa shape index (κ3) is 3.35. The van der Waals surface area contributed by atoms with E-state index in [2.05, 4.69) is 10.3 Å². The third-order valence-corrected chi connectivity index (χ3v) is 5.98. The van der Waals surface area contributed by atoms with E-state index in [1.54, 1.807) is 16.8 Å². The van der Waals surface area contributed by atoms with Crippen LogP contribution in [0.2, 0.25) is 0 Å². The second-order valence-corrected chi connectivity index (χ2v) is 7.80. The lowest BCUT2D eigenvalue weighted by Gasteiger charge is -2.25. The van der Waals surface area contributed by atoms with E-state index < -0.39 is 11.7 Å². The molecule has 0 bridgehead atoms. The van der Waals surface area contributed by atoms with Gasteiger partial charge in [0, 0.05) is 24.6 Å². The van der Waals surface area contributed by atoms with Gasteiger partial charge in [-0.3, -0.25) is 4.98 Å². The molecule has 0 spiro atoms. The number of halogens is 3. The molecule has 4 nitrogen and oxygen atoms in total. The summed E-state index contributed by atoms with van der Waals surface area (Å²) in [6.07, 6.45) is -2.72. The number of hydrogen-bond acceptors (Lipinski definition) is 2. The summed E-state index contributed by atoms with van der Waals surface area (Å²) in [5.41, 5.74) is 2.67. The van der Waals surface area contributed by atoms with Crippen LogP contribution in [0.1, 0.15) is 40.3 Å². The van der Waals surface area contributed by atoms with Crippen LogP contribution in [-0.4, -0.2) is 26.6 Å². The number of hydrogen-bond donors (Lipinski definition) is 1. The highest BCUT2D eigenvalue weighted by molar-refractivity contribution is 7.80. The van der Waals surface area contributed by atoms with Crippen molar-refractivity contribution in [1.82, 2.24) is 19.8 Å². The maximum atomic E-state index is 13.6. The first kappa shape index (κ1) is 20.4. The molecule has 1 saturated heterocycles. The van der Waals surface area contributed by atoms with Crippen LogP contribution in [0.15, 0.2) is 54.7 Å². The van der Waals surface area contributed by atoms with E-state index in [1.165, 1.54) is 12.1 Å². The number of thiocarbonyl (C=S) groups is 1. The van der Waals surface area contributed by atoms with Gasteiger partial charge in [-0.2, -0.15) is 13.2 Å². The fourth-order valence-electron chi connectivity index (χ4n) is 4.21. The lowest BCUT2D eigenvalue weighted by Crippen LogP contribution is -2.25. The largest absolute Gasteiger partial charge is 0.418 e. The topological polar surface area (TPSA) is 33.1 Å². The number of aromatic nitrogens is 2. The number of para-hydroxylation sites is 1. The predicted octanol–water partition coefficient (Wildman–Crippen LogP) is 5.11. The van der Waals surface area contributed by atoms with Crippen LogP contribution in [0.3, 0.4) is 0 Å². The van der Waals surface area contributed by atoms with E-state index in [1.807, 2.05) is 50.1 Å². The lowest BCUT2D eigenvalue weighted by molar-refractivity contribution is -0.137. The smallest absolute Gasteiger partial charge is 0.352 e. The van der Waals surface area contributed by atoms with Crippen molar-refractivity contribution < 1.29 is 13.2 Å². The average Bonchev–Trinajstić information content (AvgIpc) is 3.17. The Morgan fingerprint density at radius 1 is 1.07 bits per heavy atom. The Labute approximate surface area is 178 Å². The SMILES string of the molecule is Cc1cc([C@H]2[C@H](c3ccccn3)NC(=S)N2C)c(C)n1-c1ccccc1C(F)(F)F. The number of benzene rings is 1. The lowest BCUT2D eigenvalue weighted by atomic mass is 9.97. The highest BCUT2D eigenvalue weighted by atomic mass is 32.1. The summed E-state index contributed by atoms with van der Waals surface area (Å²) >= 11 is 5.47. The third-order valence-electron chi connectivity index (χ3n) is 5.58. The number of nitrogens with one attached hydrogen (secondary N) is 1. The maximum absolute atomic E-state index is 13.6. The van der Waals surface area contributed by atoms with Gasteiger partial charge in [-0.25, -0.2) is 0 Å². The van der Waals surface area contributed by atoms with E-state index in [4.69, 9.17) is 12.2 Å². The highest BCUT2D eigenvalue weighted by Crippen LogP contribution is 2.41. The summed E-state index contributed by atoms with van der Waals surface area (Å²) < 4.78 is 42.6. The molecule has 3 heterocycles. The average molecular weight is 430 g/mol. The molecule has 1 aromatic carbocycles. The van der Waals surface area contributed by atoms with E-state index >= 15 is 0 Å². The van der Waals surface area contributed by atoms with Gasteiger partial charge >= 0.3 is 6.18 Å². The summed E-state index contributed by atoms with van der Waals surface area (Å²) in [7, 11) is 1.89. The quantitative estimate of drug-likeness (QED) is 0.586. The van der Waals surface area contributed by atoms with Crippen molar-refractivity contribution in [3.05, 3.63) is 82.9 Å². The van der Waals surface area contributed by atoms with Gasteiger partial charge in [-0.05, 0) is 62.0 Å². The van der Waals surface area contributed by atoms with Crippen LogP contribution < -0.4 is 5.32 Å². The Hall–Kier alpha value is -2.87. The molecular weight excluding hydrogens is 409 g/mol. The molecule has 1 N–H and O–H groups in total. The molecule has 0 unspecified atom stereocenters. The number of likely N-dealkylation sites (N-methyl/N-ethyl adjacent to an activating group) is 1. The molecule has 1 aliphatic heterocycles. The van der Waals surface area contributed by atoms with E-state index in [0.29, 0.717) is 5.11 Å². The molecule has 4 rings (SSSR count). The zero-order valence-corrected chi connectivity index (χ0v) is 17.6. The van der Waals surface area contributed by atoms with Crippen molar-refractivity contribution in [3.63, 3.8) is 0 Å². The minimum absolute atomic E-state index is 0.122. The number of rotatable bonds is 3.